The van der Waals surface area contributed by atoms with Crippen LogP contribution in [0.5, 0.6) is 0 Å². The van der Waals surface area contributed by atoms with E-state index in [-0.39, 0.29) is 52.6 Å². The van der Waals surface area contributed by atoms with E-state index in [4.69, 9.17) is 7.16 Å². The first-order valence-corrected chi connectivity index (χ1v) is 12.8. The van der Waals surface area contributed by atoms with Crippen molar-refractivity contribution in [2.24, 2.45) is 0 Å². The van der Waals surface area contributed by atoms with Gasteiger partial charge in [0.1, 0.15) is 11.2 Å². The van der Waals surface area contributed by atoms with Crippen LogP contribution in [-0.2, 0) is 0 Å². The topological polar surface area (TPSA) is 13.1 Å². The zero-order valence-corrected chi connectivity index (χ0v) is 20.7. The summed E-state index contributed by atoms with van der Waals surface area (Å²) in [5.41, 5.74) is 4.19. The Labute approximate surface area is 236 Å². The van der Waals surface area contributed by atoms with Crippen molar-refractivity contribution in [3.8, 4) is 33.4 Å². The molecule has 0 N–H and O–H groups in total. The van der Waals surface area contributed by atoms with E-state index >= 15 is 0 Å². The van der Waals surface area contributed by atoms with Crippen molar-refractivity contribution in [2.45, 2.75) is 0 Å². The molecular weight excluding hydrogens is 472 g/mol. The Hall–Kier alpha value is -5.14. The Morgan fingerprint density at radius 1 is 0.436 bits per heavy atom. The molecule has 1 aromatic heterocycles. The molecule has 0 aliphatic carbocycles. The van der Waals surface area contributed by atoms with Crippen LogP contribution in [0.2, 0.25) is 0 Å². The molecule has 0 bridgehead atoms. The van der Waals surface area contributed by atoms with E-state index in [0.717, 1.165) is 10.8 Å². The van der Waals surface area contributed by atoms with E-state index in [9.17, 15) is 6.85 Å². The predicted molar refractivity (Wildman–Crippen MR) is 165 cm³/mol. The third-order valence-electron chi connectivity index (χ3n) is 7.30. The molecule has 1 heterocycles. The van der Waals surface area contributed by atoms with Crippen LogP contribution < -0.4 is 0 Å². The minimum Gasteiger partial charge on any atom is -0.456 e. The van der Waals surface area contributed by atoms with Crippen molar-refractivity contribution < 1.29 is 14.0 Å². The Balaban J connectivity index is 1.75. The van der Waals surface area contributed by atoms with Gasteiger partial charge >= 0.3 is 0 Å². The Kier molecular flexibility index (Phi) is 3.57. The maximum Gasteiger partial charge on any atom is 0.136 e. The molecule has 7 aromatic carbocycles. The molecule has 0 unspecified atom stereocenters. The van der Waals surface area contributed by atoms with Crippen molar-refractivity contribution in [3.05, 3.63) is 145 Å². The fraction of sp³-hybridized carbons (Fsp3) is 0. The average molecular weight is 504 g/mol. The van der Waals surface area contributed by atoms with Crippen LogP contribution >= 0.6 is 0 Å². The zero-order valence-electron chi connectivity index (χ0n) is 27.7. The summed E-state index contributed by atoms with van der Waals surface area (Å²) >= 11 is 0. The number of fused-ring (bicyclic) bond motifs is 5. The number of hydrogen-bond donors (Lipinski definition) is 0. The molecule has 0 saturated carbocycles. The molecule has 182 valence electrons. The molecule has 0 aliphatic rings. The fourth-order valence-corrected chi connectivity index (χ4v) is 5.61. The van der Waals surface area contributed by atoms with E-state index in [1.165, 1.54) is 0 Å². The lowest BCUT2D eigenvalue weighted by molar-refractivity contribution is 0.669. The smallest absolute Gasteiger partial charge is 0.136 e. The zero-order chi connectivity index (χ0) is 31.9. The molecule has 0 radical (unpaired) electrons. The molecule has 39 heavy (non-hydrogen) atoms. The second-order valence-corrected chi connectivity index (χ2v) is 9.51. The highest BCUT2D eigenvalue weighted by Crippen LogP contribution is 2.47. The van der Waals surface area contributed by atoms with Gasteiger partial charge in [-0.2, -0.15) is 0 Å². The molecule has 0 amide bonds. The molecule has 1 nitrogen and oxygen atoms in total. The summed E-state index contributed by atoms with van der Waals surface area (Å²) in [5.74, 6) is 0. The maximum atomic E-state index is 9.77. The van der Waals surface area contributed by atoms with E-state index in [1.54, 1.807) is 0 Å². The van der Waals surface area contributed by atoms with Gasteiger partial charge in [-0.05, 0) is 73.1 Å². The highest BCUT2D eigenvalue weighted by atomic mass is 16.3. The Morgan fingerprint density at radius 2 is 1.08 bits per heavy atom. The van der Waals surface area contributed by atoms with Crippen LogP contribution in [0.15, 0.2) is 150 Å². The van der Waals surface area contributed by atoms with Crippen LogP contribution in [0.4, 0.5) is 0 Å². The van der Waals surface area contributed by atoms with Gasteiger partial charge in [-0.3, -0.25) is 0 Å². The van der Waals surface area contributed by atoms with Crippen LogP contribution in [0.1, 0.15) is 9.60 Å². The first kappa shape index (κ1) is 16.0. The van der Waals surface area contributed by atoms with Gasteiger partial charge in [0.25, 0.3) is 0 Å². The van der Waals surface area contributed by atoms with Crippen LogP contribution in [-0.4, -0.2) is 0 Å². The summed E-state index contributed by atoms with van der Waals surface area (Å²) in [6.45, 7) is 0. The molecule has 1 heteroatoms. The van der Waals surface area contributed by atoms with Crippen LogP contribution in [0.25, 0.3) is 76.9 Å². The first-order valence-electron chi connectivity index (χ1n) is 16.3. The van der Waals surface area contributed by atoms with Gasteiger partial charge in [-0.25, -0.2) is 0 Å². The summed E-state index contributed by atoms with van der Waals surface area (Å²) in [7, 11) is 0. The Morgan fingerprint density at radius 3 is 1.87 bits per heavy atom. The van der Waals surface area contributed by atoms with Crippen molar-refractivity contribution in [3.63, 3.8) is 0 Å². The quantitative estimate of drug-likeness (QED) is 0.219. The van der Waals surface area contributed by atoms with Crippen LogP contribution in [0, 0.1) is 0 Å². The summed E-state index contributed by atoms with van der Waals surface area (Å²) < 4.78 is 70.7. The number of rotatable bonds is 3. The molecule has 0 atom stereocenters. The highest BCUT2D eigenvalue weighted by Gasteiger charge is 2.20. The first-order chi connectivity index (χ1) is 22.3. The van der Waals surface area contributed by atoms with E-state index < -0.39 is 6.04 Å². The van der Waals surface area contributed by atoms with E-state index in [2.05, 4.69) is 0 Å². The van der Waals surface area contributed by atoms with E-state index in [0.29, 0.717) is 49.8 Å². The minimum atomic E-state index is -0.392. The van der Waals surface area contributed by atoms with Crippen molar-refractivity contribution in [1.29, 1.82) is 0 Å². The number of para-hydroxylation sites is 1. The summed E-state index contributed by atoms with van der Waals surface area (Å²) in [6, 6.07) is 30.0. The molecule has 0 aliphatic heterocycles. The van der Waals surface area contributed by atoms with Gasteiger partial charge in [0.05, 0.1) is 9.60 Å². The van der Waals surface area contributed by atoms with E-state index in [1.807, 2.05) is 103 Å². The van der Waals surface area contributed by atoms with Gasteiger partial charge in [0.2, 0.25) is 0 Å². The van der Waals surface area contributed by atoms with Crippen molar-refractivity contribution >= 4 is 43.5 Å². The lowest BCUT2D eigenvalue weighted by atomic mass is 9.84. The summed E-state index contributed by atoms with van der Waals surface area (Å²) in [4.78, 5) is 0. The number of hydrogen-bond acceptors (Lipinski definition) is 1. The molecular formula is C38H24O. The number of furan rings is 1. The van der Waals surface area contributed by atoms with Crippen LogP contribution in [0.3, 0.4) is 0 Å². The fourth-order valence-electron chi connectivity index (χ4n) is 5.61. The molecule has 0 fully saturated rings. The normalized spacial score (nSPS) is 14.1. The van der Waals surface area contributed by atoms with Crippen molar-refractivity contribution in [2.75, 3.05) is 0 Å². The lowest BCUT2D eigenvalue weighted by Crippen LogP contribution is -1.92. The predicted octanol–water partition coefficient (Wildman–Crippen LogP) is 10.9. The minimum absolute atomic E-state index is 0.00787. The lowest BCUT2D eigenvalue weighted by Gasteiger charge is -2.19. The maximum absolute atomic E-state index is 9.77. The van der Waals surface area contributed by atoms with Crippen molar-refractivity contribution in [1.82, 2.24) is 0 Å². The largest absolute Gasteiger partial charge is 0.456 e. The monoisotopic (exact) mass is 503 g/mol. The third kappa shape index (κ3) is 3.41. The second kappa shape index (κ2) is 8.72. The summed E-state index contributed by atoms with van der Waals surface area (Å²) in [6.07, 6.45) is 0. The standard InChI is InChI=1S/C38H24O/c1-3-12-25(13-4-1)27-22-23-30-33(24-27)37(29-17-8-7-16-28(29)36(30)26-14-5-2-6-15-26)32-19-11-21-35-38(32)31-18-9-10-20-34(31)39-35/h1-24H/i7D,8D,16D,17D,22D,23D,24D. The molecule has 8 rings (SSSR count). The Bertz CT molecular complexity index is 2540. The highest BCUT2D eigenvalue weighted by molar-refractivity contribution is 6.26. The van der Waals surface area contributed by atoms with Gasteiger partial charge in [-0.15, -0.1) is 0 Å². The molecule has 0 spiro atoms. The average Bonchev–Trinajstić information content (AvgIpc) is 3.47. The number of benzene rings is 7. The SMILES string of the molecule is [2H]c1c([2H])c([2H])c2c(-c3cccc4oc5ccccc5c34)c3c([2H])c(-c4ccccc4)c([2H])c([2H])c3c(-c3ccccc3)c2c1[2H]. The molecule has 8 aromatic rings. The van der Waals surface area contributed by atoms with Gasteiger partial charge in [0, 0.05) is 10.8 Å². The molecule has 0 saturated heterocycles. The van der Waals surface area contributed by atoms with Gasteiger partial charge in [-0.1, -0.05) is 127 Å². The van der Waals surface area contributed by atoms with Gasteiger partial charge in [0.15, 0.2) is 0 Å². The second-order valence-electron chi connectivity index (χ2n) is 9.51. The summed E-state index contributed by atoms with van der Waals surface area (Å²) in [5, 5.41) is 2.68. The third-order valence-corrected chi connectivity index (χ3v) is 7.30. The van der Waals surface area contributed by atoms with Gasteiger partial charge < -0.3 is 4.42 Å².